The molecule has 2 heterocycles. The average molecular weight is 285 g/mol. The van der Waals surface area contributed by atoms with E-state index < -0.39 is 5.97 Å². The van der Waals surface area contributed by atoms with E-state index in [9.17, 15) is 4.79 Å². The maximum Gasteiger partial charge on any atom is 0.347 e. The summed E-state index contributed by atoms with van der Waals surface area (Å²) in [7, 11) is 0. The standard InChI is InChI=1S/C12H19N3O3S/c1-9-11(12(17)18)19-10(13-9)8-15-4-2-14(3-5-15)6-7-16/h16H,2-8H2,1H3,(H,17,18). The molecule has 1 aliphatic heterocycles. The molecule has 0 spiro atoms. The van der Waals surface area contributed by atoms with Gasteiger partial charge in [0.1, 0.15) is 9.88 Å². The number of thiazole rings is 1. The average Bonchev–Trinajstić information content (AvgIpc) is 2.73. The minimum atomic E-state index is -0.894. The summed E-state index contributed by atoms with van der Waals surface area (Å²) < 4.78 is 0. The number of nitrogens with zero attached hydrogens (tertiary/aromatic N) is 3. The molecule has 7 heteroatoms. The Morgan fingerprint density at radius 2 is 1.95 bits per heavy atom. The monoisotopic (exact) mass is 285 g/mol. The molecule has 0 saturated carbocycles. The molecule has 0 radical (unpaired) electrons. The lowest BCUT2D eigenvalue weighted by Gasteiger charge is -2.33. The summed E-state index contributed by atoms with van der Waals surface area (Å²) in [5, 5.41) is 18.8. The second-order valence-electron chi connectivity index (χ2n) is 4.67. The lowest BCUT2D eigenvalue weighted by atomic mass is 10.3. The molecule has 1 aromatic heterocycles. The number of aliphatic hydroxyl groups is 1. The zero-order valence-electron chi connectivity index (χ0n) is 11.0. The first-order valence-electron chi connectivity index (χ1n) is 6.35. The number of carboxylic acids is 1. The summed E-state index contributed by atoms with van der Waals surface area (Å²) in [6, 6.07) is 0. The number of rotatable bonds is 5. The predicted octanol–water partition coefficient (Wildman–Crippen LogP) is 0.260. The van der Waals surface area contributed by atoms with E-state index in [1.165, 1.54) is 11.3 Å². The highest BCUT2D eigenvalue weighted by molar-refractivity contribution is 7.13. The molecule has 106 valence electrons. The van der Waals surface area contributed by atoms with Gasteiger partial charge in [-0.1, -0.05) is 0 Å². The number of aliphatic hydroxyl groups excluding tert-OH is 1. The third kappa shape index (κ3) is 3.73. The van der Waals surface area contributed by atoms with Crippen LogP contribution in [0.25, 0.3) is 0 Å². The molecule has 0 unspecified atom stereocenters. The van der Waals surface area contributed by atoms with Gasteiger partial charge in [-0.25, -0.2) is 9.78 Å². The Morgan fingerprint density at radius 3 is 2.47 bits per heavy atom. The Labute approximate surface area is 116 Å². The first-order valence-corrected chi connectivity index (χ1v) is 7.17. The maximum atomic E-state index is 11.0. The third-order valence-corrected chi connectivity index (χ3v) is 4.41. The normalized spacial score (nSPS) is 17.8. The number of aryl methyl sites for hydroxylation is 1. The van der Waals surface area contributed by atoms with Crippen LogP contribution in [0.5, 0.6) is 0 Å². The highest BCUT2D eigenvalue weighted by atomic mass is 32.1. The van der Waals surface area contributed by atoms with Crippen LogP contribution < -0.4 is 0 Å². The van der Waals surface area contributed by atoms with Gasteiger partial charge in [-0.2, -0.15) is 0 Å². The van der Waals surface area contributed by atoms with E-state index in [0.29, 0.717) is 17.1 Å². The molecule has 0 aliphatic carbocycles. The summed E-state index contributed by atoms with van der Waals surface area (Å²) in [6.45, 7) is 7.13. The lowest BCUT2D eigenvalue weighted by molar-refractivity contribution is 0.0701. The van der Waals surface area contributed by atoms with Gasteiger partial charge in [0.15, 0.2) is 0 Å². The van der Waals surface area contributed by atoms with Crippen LogP contribution in [0, 0.1) is 6.92 Å². The van der Waals surface area contributed by atoms with E-state index in [0.717, 1.165) is 37.7 Å². The largest absolute Gasteiger partial charge is 0.477 e. The van der Waals surface area contributed by atoms with Gasteiger partial charge in [0.05, 0.1) is 18.8 Å². The summed E-state index contributed by atoms with van der Waals surface area (Å²) in [5.41, 5.74) is 0.603. The molecule has 2 N–H and O–H groups in total. The van der Waals surface area contributed by atoms with Crippen LogP contribution in [0.15, 0.2) is 0 Å². The van der Waals surface area contributed by atoms with E-state index in [-0.39, 0.29) is 6.61 Å². The molecule has 1 fully saturated rings. The number of carboxylic acid groups (broad SMARTS) is 1. The predicted molar refractivity (Wildman–Crippen MR) is 72.6 cm³/mol. The van der Waals surface area contributed by atoms with Gasteiger partial charge >= 0.3 is 5.97 Å². The van der Waals surface area contributed by atoms with Crippen molar-refractivity contribution in [1.29, 1.82) is 0 Å². The van der Waals surface area contributed by atoms with Crippen LogP contribution in [0.2, 0.25) is 0 Å². The molecule has 1 aromatic rings. The Balaban J connectivity index is 1.89. The number of hydrogen-bond donors (Lipinski definition) is 2. The quantitative estimate of drug-likeness (QED) is 0.808. The molecule has 6 nitrogen and oxygen atoms in total. The Kier molecular flexibility index (Phi) is 4.87. The first kappa shape index (κ1) is 14.4. The van der Waals surface area contributed by atoms with Crippen molar-refractivity contribution in [2.24, 2.45) is 0 Å². The van der Waals surface area contributed by atoms with E-state index in [1.54, 1.807) is 6.92 Å². The van der Waals surface area contributed by atoms with Gasteiger partial charge in [0.25, 0.3) is 0 Å². The SMILES string of the molecule is Cc1nc(CN2CCN(CCO)CC2)sc1C(=O)O. The topological polar surface area (TPSA) is 76.9 Å². The minimum Gasteiger partial charge on any atom is -0.477 e. The molecular formula is C12H19N3O3S. The summed E-state index contributed by atoms with van der Waals surface area (Å²) in [6.07, 6.45) is 0. The summed E-state index contributed by atoms with van der Waals surface area (Å²) in [5.74, 6) is -0.894. The van der Waals surface area contributed by atoms with Gasteiger partial charge in [0, 0.05) is 32.7 Å². The second-order valence-corrected chi connectivity index (χ2v) is 5.75. The summed E-state index contributed by atoms with van der Waals surface area (Å²) in [4.78, 5) is 20.1. The Bertz CT molecular complexity index is 441. The molecule has 19 heavy (non-hydrogen) atoms. The van der Waals surface area contributed by atoms with Gasteiger partial charge in [-0.3, -0.25) is 9.80 Å². The van der Waals surface area contributed by atoms with E-state index in [2.05, 4.69) is 14.8 Å². The molecule has 0 amide bonds. The minimum absolute atomic E-state index is 0.202. The van der Waals surface area contributed by atoms with Gasteiger partial charge in [-0.05, 0) is 6.92 Å². The number of β-amino-alcohol motifs (C(OH)–C–C–N with tert-alkyl or cyclic N) is 1. The van der Waals surface area contributed by atoms with Crippen molar-refractivity contribution in [2.45, 2.75) is 13.5 Å². The van der Waals surface area contributed by atoms with Crippen molar-refractivity contribution in [2.75, 3.05) is 39.3 Å². The van der Waals surface area contributed by atoms with Crippen molar-refractivity contribution in [3.05, 3.63) is 15.6 Å². The van der Waals surface area contributed by atoms with Crippen LogP contribution in [-0.4, -0.2) is 70.3 Å². The fraction of sp³-hybridized carbons (Fsp3) is 0.667. The molecule has 0 bridgehead atoms. The lowest BCUT2D eigenvalue weighted by Crippen LogP contribution is -2.46. The molecule has 0 aromatic carbocycles. The Morgan fingerprint density at radius 1 is 1.32 bits per heavy atom. The summed E-state index contributed by atoms with van der Waals surface area (Å²) >= 11 is 1.27. The molecular weight excluding hydrogens is 266 g/mol. The highest BCUT2D eigenvalue weighted by Crippen LogP contribution is 2.20. The van der Waals surface area contributed by atoms with Gasteiger partial charge in [0.2, 0.25) is 0 Å². The molecule has 0 atom stereocenters. The number of aromatic nitrogens is 1. The Hall–Kier alpha value is -1.02. The van der Waals surface area contributed by atoms with E-state index >= 15 is 0 Å². The number of piperazine rings is 1. The van der Waals surface area contributed by atoms with Crippen molar-refractivity contribution in [1.82, 2.24) is 14.8 Å². The molecule has 1 saturated heterocycles. The van der Waals surface area contributed by atoms with Crippen LogP contribution in [0.1, 0.15) is 20.4 Å². The van der Waals surface area contributed by atoms with E-state index in [4.69, 9.17) is 10.2 Å². The van der Waals surface area contributed by atoms with Gasteiger partial charge in [-0.15, -0.1) is 11.3 Å². The van der Waals surface area contributed by atoms with Gasteiger partial charge < -0.3 is 10.2 Å². The van der Waals surface area contributed by atoms with Crippen molar-refractivity contribution >= 4 is 17.3 Å². The second kappa shape index (κ2) is 6.42. The fourth-order valence-electron chi connectivity index (χ4n) is 2.22. The number of carbonyl (C=O) groups is 1. The zero-order chi connectivity index (χ0) is 13.8. The van der Waals surface area contributed by atoms with Crippen molar-refractivity contribution in [3.63, 3.8) is 0 Å². The smallest absolute Gasteiger partial charge is 0.347 e. The number of hydrogen-bond acceptors (Lipinski definition) is 6. The number of aromatic carboxylic acids is 1. The van der Waals surface area contributed by atoms with Crippen molar-refractivity contribution in [3.8, 4) is 0 Å². The van der Waals surface area contributed by atoms with Crippen LogP contribution in [-0.2, 0) is 6.54 Å². The van der Waals surface area contributed by atoms with Crippen LogP contribution >= 0.6 is 11.3 Å². The maximum absolute atomic E-state index is 11.0. The van der Waals surface area contributed by atoms with E-state index in [1.807, 2.05) is 0 Å². The van der Waals surface area contributed by atoms with Crippen molar-refractivity contribution < 1.29 is 15.0 Å². The molecule has 1 aliphatic rings. The first-order chi connectivity index (χ1) is 9.10. The van der Waals surface area contributed by atoms with Crippen LogP contribution in [0.4, 0.5) is 0 Å². The highest BCUT2D eigenvalue weighted by Gasteiger charge is 2.19. The fourth-order valence-corrected chi connectivity index (χ4v) is 3.17. The van der Waals surface area contributed by atoms with Crippen LogP contribution in [0.3, 0.4) is 0 Å². The zero-order valence-corrected chi connectivity index (χ0v) is 11.8. The third-order valence-electron chi connectivity index (χ3n) is 3.28. The molecule has 2 rings (SSSR count).